The molecule has 0 unspecified atom stereocenters. The quantitative estimate of drug-likeness (QED) is 0.391. The topological polar surface area (TPSA) is 23.1 Å². The van der Waals surface area contributed by atoms with Gasteiger partial charge in [0.25, 0.3) is 0 Å². The van der Waals surface area contributed by atoms with E-state index in [9.17, 15) is 0 Å². The SMILES string of the molecule is Cc1cc([Si]([O-])(c2cc(C)c(C)c(C)c2C)c2cc(C)c(C)c(C)c2C)c(C)c(C)c1C.[Cl-].[Mg+2]. The number of rotatable bonds is 3. The van der Waals surface area contributed by atoms with Crippen molar-refractivity contribution >= 4 is 46.9 Å². The first kappa shape index (κ1) is 30.9. The smallest absolute Gasteiger partial charge is 1.00 e. The van der Waals surface area contributed by atoms with Gasteiger partial charge >= 0.3 is 23.1 Å². The van der Waals surface area contributed by atoms with Gasteiger partial charge in [0.05, 0.1) is 8.32 Å². The van der Waals surface area contributed by atoms with E-state index in [1.54, 1.807) is 0 Å². The van der Waals surface area contributed by atoms with Crippen LogP contribution in [0.3, 0.4) is 0 Å². The Morgan fingerprint density at radius 2 is 0.618 bits per heavy atom. The molecule has 0 aliphatic heterocycles. The summed E-state index contributed by atoms with van der Waals surface area (Å²) in [5.74, 6) is 0. The summed E-state index contributed by atoms with van der Waals surface area (Å²) in [4.78, 5) is 15.8. The molecule has 3 aromatic rings. The Kier molecular flexibility index (Phi) is 9.90. The van der Waals surface area contributed by atoms with Gasteiger partial charge in [0.1, 0.15) is 0 Å². The van der Waals surface area contributed by atoms with Crippen molar-refractivity contribution in [2.45, 2.75) is 83.1 Å². The molecule has 0 bridgehead atoms. The fraction of sp³-hybridized carbons (Fsp3) is 0.400. The van der Waals surface area contributed by atoms with Gasteiger partial charge in [0, 0.05) is 0 Å². The number of aryl methyl sites for hydroxylation is 3. The molecule has 0 fully saturated rings. The molecule has 4 heteroatoms. The van der Waals surface area contributed by atoms with Crippen molar-refractivity contribution in [2.75, 3.05) is 0 Å². The Morgan fingerprint density at radius 1 is 0.412 bits per heavy atom. The fourth-order valence-electron chi connectivity index (χ4n) is 5.17. The second-order valence-electron chi connectivity index (χ2n) is 10.0. The predicted molar refractivity (Wildman–Crippen MR) is 147 cm³/mol. The van der Waals surface area contributed by atoms with Crippen LogP contribution in [-0.4, -0.2) is 31.4 Å². The molecule has 0 spiro atoms. The summed E-state index contributed by atoms with van der Waals surface area (Å²) >= 11 is 0. The van der Waals surface area contributed by atoms with E-state index in [0.29, 0.717) is 0 Å². The Bertz CT molecular complexity index is 1110. The maximum absolute atomic E-state index is 15.8. The van der Waals surface area contributed by atoms with Crippen LogP contribution in [0.25, 0.3) is 0 Å². The minimum Gasteiger partial charge on any atom is -1.00 e. The van der Waals surface area contributed by atoms with Crippen LogP contribution in [0.4, 0.5) is 0 Å². The second-order valence-corrected chi connectivity index (χ2v) is 13.0. The zero-order chi connectivity index (χ0) is 24.3. The fourth-order valence-corrected chi connectivity index (χ4v) is 9.44. The first-order chi connectivity index (χ1) is 14.7. The summed E-state index contributed by atoms with van der Waals surface area (Å²) in [6.07, 6.45) is 0. The molecular weight excluding hydrogens is 464 g/mol. The molecule has 0 heterocycles. The van der Waals surface area contributed by atoms with Gasteiger partial charge in [0.15, 0.2) is 0 Å². The van der Waals surface area contributed by atoms with Crippen LogP contribution in [0, 0.1) is 83.1 Å². The van der Waals surface area contributed by atoms with Gasteiger partial charge in [-0.05, 0) is 150 Å². The largest absolute Gasteiger partial charge is 2.00 e. The minimum absolute atomic E-state index is 0. The van der Waals surface area contributed by atoms with Crippen molar-refractivity contribution in [3.05, 3.63) is 85.0 Å². The molecule has 3 aromatic carbocycles. The van der Waals surface area contributed by atoms with E-state index in [-0.39, 0.29) is 35.5 Å². The number of halogens is 1. The molecule has 0 atom stereocenters. The average Bonchev–Trinajstić information content (AvgIpc) is 2.76. The number of hydrogen-bond acceptors (Lipinski definition) is 1. The van der Waals surface area contributed by atoms with Crippen molar-refractivity contribution in [3.8, 4) is 0 Å². The van der Waals surface area contributed by atoms with Crippen LogP contribution in [-0.2, 0) is 0 Å². The second kappa shape index (κ2) is 10.9. The van der Waals surface area contributed by atoms with Crippen molar-refractivity contribution in [1.82, 2.24) is 0 Å². The monoisotopic (exact) mass is 502 g/mol. The Balaban J connectivity index is 0.00000289. The molecule has 0 aliphatic carbocycles. The van der Waals surface area contributed by atoms with E-state index in [0.717, 1.165) is 15.6 Å². The maximum Gasteiger partial charge on any atom is 2.00 e. The molecule has 0 N–H and O–H groups in total. The van der Waals surface area contributed by atoms with Gasteiger partial charge in [-0.2, -0.15) is 0 Å². The van der Waals surface area contributed by atoms with Crippen LogP contribution >= 0.6 is 0 Å². The van der Waals surface area contributed by atoms with E-state index in [2.05, 4.69) is 101 Å². The van der Waals surface area contributed by atoms with E-state index < -0.39 is 8.32 Å². The average molecular weight is 503 g/mol. The van der Waals surface area contributed by atoms with Crippen LogP contribution in [0.1, 0.15) is 66.8 Å². The Morgan fingerprint density at radius 3 is 0.824 bits per heavy atom. The molecular formula is C30H39ClMgOSi. The van der Waals surface area contributed by atoms with Gasteiger partial charge in [0.2, 0.25) is 0 Å². The number of hydrogen-bond donors (Lipinski definition) is 0. The number of benzene rings is 3. The molecule has 178 valence electrons. The first-order valence-electron chi connectivity index (χ1n) is 11.7. The Labute approximate surface area is 231 Å². The van der Waals surface area contributed by atoms with Gasteiger partial charge in [-0.1, -0.05) is 33.8 Å². The summed E-state index contributed by atoms with van der Waals surface area (Å²) in [7, 11) is -3.52. The third-order valence-electron chi connectivity index (χ3n) is 8.58. The summed E-state index contributed by atoms with van der Waals surface area (Å²) in [5.41, 5.74) is 14.8. The third kappa shape index (κ3) is 4.67. The predicted octanol–water partition coefficient (Wildman–Crippen LogP) is 1.34. The van der Waals surface area contributed by atoms with E-state index >= 15 is 4.80 Å². The molecule has 0 saturated heterocycles. The summed E-state index contributed by atoms with van der Waals surface area (Å²) in [6.45, 7) is 26.0. The standard InChI is InChI=1S/C30H39OSi.ClH.Mg/c1-16-13-28(25(10)22(7)19(16)4)32(31,29-14-17(2)20(5)23(8)26(29)11)30-15-18(3)21(6)24(9)27(30)12;;/h13-15H,1-12H3;1H;/q-1;;+2/p-1. The van der Waals surface area contributed by atoms with Crippen molar-refractivity contribution < 1.29 is 17.2 Å². The molecule has 0 aliphatic rings. The third-order valence-corrected chi connectivity index (χ3v) is 12.4. The molecule has 0 saturated carbocycles. The van der Waals surface area contributed by atoms with Gasteiger partial charge in [-0.25, -0.2) is 0 Å². The molecule has 0 amide bonds. The van der Waals surface area contributed by atoms with Gasteiger partial charge in [-0.15, -0.1) is 0 Å². The van der Waals surface area contributed by atoms with Crippen LogP contribution in [0.15, 0.2) is 18.2 Å². The van der Waals surface area contributed by atoms with E-state index in [1.165, 1.54) is 66.8 Å². The summed E-state index contributed by atoms with van der Waals surface area (Å²) in [6, 6.07) is 6.64. The summed E-state index contributed by atoms with van der Waals surface area (Å²) in [5, 5.41) is 3.07. The van der Waals surface area contributed by atoms with Crippen LogP contribution in [0.2, 0.25) is 0 Å². The zero-order valence-corrected chi connectivity index (χ0v) is 26.4. The zero-order valence-electron chi connectivity index (χ0n) is 23.2. The minimum atomic E-state index is -3.52. The molecule has 0 aromatic heterocycles. The van der Waals surface area contributed by atoms with E-state index in [1.807, 2.05) is 0 Å². The van der Waals surface area contributed by atoms with Gasteiger partial charge in [-0.3, -0.25) is 0 Å². The Hall–Kier alpha value is -1.11. The van der Waals surface area contributed by atoms with Crippen molar-refractivity contribution in [1.29, 1.82) is 0 Å². The molecule has 1 nitrogen and oxygen atoms in total. The van der Waals surface area contributed by atoms with E-state index in [4.69, 9.17) is 0 Å². The molecule has 3 rings (SSSR count). The summed E-state index contributed by atoms with van der Waals surface area (Å²) < 4.78 is 0. The first-order valence-corrected chi connectivity index (χ1v) is 13.6. The van der Waals surface area contributed by atoms with Crippen LogP contribution < -0.4 is 32.8 Å². The van der Waals surface area contributed by atoms with Crippen LogP contribution in [0.5, 0.6) is 0 Å². The molecule has 0 radical (unpaired) electrons. The molecule has 34 heavy (non-hydrogen) atoms. The maximum atomic E-state index is 15.8. The van der Waals surface area contributed by atoms with Crippen molar-refractivity contribution in [3.63, 3.8) is 0 Å². The van der Waals surface area contributed by atoms with Gasteiger partial charge < -0.3 is 17.2 Å². The van der Waals surface area contributed by atoms with Crippen molar-refractivity contribution in [2.24, 2.45) is 0 Å². The normalized spacial score (nSPS) is 11.2.